The van der Waals surface area contributed by atoms with Crippen LogP contribution in [0.3, 0.4) is 0 Å². The summed E-state index contributed by atoms with van der Waals surface area (Å²) in [5.41, 5.74) is 0. The average Bonchev–Trinajstić information content (AvgIpc) is 0.736. The number of benzene rings is 8. The molecule has 1 heterocycles. The van der Waals surface area contributed by atoms with Crippen LogP contribution in [-0.4, -0.2) is 106 Å². The summed E-state index contributed by atoms with van der Waals surface area (Å²) in [4.78, 5) is 0. The highest BCUT2D eigenvalue weighted by Crippen LogP contribution is 2.50. The fourth-order valence-electron chi connectivity index (χ4n) is 12.7. The van der Waals surface area contributed by atoms with E-state index in [4.69, 9.17) is 66.3 Å². The molecule has 0 amide bonds. The van der Waals surface area contributed by atoms with Gasteiger partial charge in [-0.25, -0.2) is 0 Å². The van der Waals surface area contributed by atoms with Crippen molar-refractivity contribution in [3.8, 4) is 69.0 Å². The number of fused-ring (bicyclic) bond motifs is 14. The second-order valence-electron chi connectivity index (χ2n) is 26.1. The van der Waals surface area contributed by atoms with Gasteiger partial charge in [0, 0.05) is 0 Å². The lowest BCUT2D eigenvalue weighted by molar-refractivity contribution is 0.0641. The predicted molar refractivity (Wildman–Crippen MR) is 402 cm³/mol. The van der Waals surface area contributed by atoms with Crippen LogP contribution in [0.15, 0.2) is 72.8 Å². The van der Waals surface area contributed by atoms with Gasteiger partial charge in [0.1, 0.15) is 26.4 Å². The predicted octanol–water partition coefficient (Wildman–Crippen LogP) is 22.4. The summed E-state index contributed by atoms with van der Waals surface area (Å²) in [6.07, 6.45) is 25.1. The van der Waals surface area contributed by atoms with Crippen LogP contribution in [0, 0.1) is 0 Å². The van der Waals surface area contributed by atoms with Gasteiger partial charge in [-0.15, -0.1) is 0 Å². The normalized spacial score (nSPS) is 13.3. The third kappa shape index (κ3) is 21.0. The van der Waals surface area contributed by atoms with Crippen LogP contribution in [0.25, 0.3) is 64.6 Å². The van der Waals surface area contributed by atoms with E-state index in [0.717, 1.165) is 265 Å². The third-order valence-electron chi connectivity index (χ3n) is 18.2. The van der Waals surface area contributed by atoms with Crippen molar-refractivity contribution in [2.75, 3.05) is 106 Å². The van der Waals surface area contributed by atoms with Crippen molar-refractivity contribution in [3.05, 3.63) is 72.8 Å². The van der Waals surface area contributed by atoms with Gasteiger partial charge in [0.2, 0.25) is 0 Å². The average molecular weight is 1350 g/mol. The van der Waals surface area contributed by atoms with Gasteiger partial charge in [0.25, 0.3) is 0 Å². The van der Waals surface area contributed by atoms with Crippen LogP contribution in [-0.2, 0) is 9.47 Å². The summed E-state index contributed by atoms with van der Waals surface area (Å²) in [6.45, 7) is 24.7. The minimum absolute atomic E-state index is 0.256. The van der Waals surface area contributed by atoms with Gasteiger partial charge >= 0.3 is 0 Å². The molecule has 536 valence electrons. The molecule has 1 aliphatic rings. The Bertz CT molecular complexity index is 3230. The summed E-state index contributed by atoms with van der Waals surface area (Å²) < 4.78 is 93.1. The molecule has 1 aliphatic heterocycles. The lowest BCUT2D eigenvalue weighted by Gasteiger charge is -2.21. The van der Waals surface area contributed by atoms with Gasteiger partial charge in [-0.2, -0.15) is 0 Å². The fourth-order valence-corrected chi connectivity index (χ4v) is 12.7. The highest BCUT2D eigenvalue weighted by Gasteiger charge is 2.24. The third-order valence-corrected chi connectivity index (χ3v) is 18.2. The highest BCUT2D eigenvalue weighted by molar-refractivity contribution is 6.28. The van der Waals surface area contributed by atoms with Crippen LogP contribution in [0.4, 0.5) is 0 Å². The van der Waals surface area contributed by atoms with Crippen molar-refractivity contribution < 1.29 is 66.3 Å². The van der Waals surface area contributed by atoms with E-state index in [1.165, 1.54) is 0 Å². The smallest absolute Gasteiger partial charge is 0.161 e. The molecule has 0 saturated heterocycles. The molecule has 8 aromatic rings. The first-order valence-electron chi connectivity index (χ1n) is 38.2. The SMILES string of the molecule is CCCCCOc1cc2c3cc(OCCCCC)c(OCCCCC)cc3c3cc4c(cc3c2cc1OCCCCC)OCCOCCOc1cc2c3cc(OCCCCC)c(OCCCCC)cc3c3cc(OCCCCC)c(OCCCCC)cc3c2cc1OCCOCCO4. The number of unbranched alkanes of at least 4 members (excludes halogenated alkanes) is 16. The molecule has 0 saturated carbocycles. The second-order valence-corrected chi connectivity index (χ2v) is 26.1. The zero-order valence-electron chi connectivity index (χ0n) is 60.9. The van der Waals surface area contributed by atoms with Crippen LogP contribution < -0.4 is 56.8 Å². The Morgan fingerprint density at radius 1 is 0.194 bits per heavy atom. The Labute approximate surface area is 585 Å². The van der Waals surface area contributed by atoms with E-state index in [9.17, 15) is 0 Å². The Morgan fingerprint density at radius 3 is 0.480 bits per heavy atom. The Morgan fingerprint density at radius 2 is 0.337 bits per heavy atom. The van der Waals surface area contributed by atoms with E-state index in [0.29, 0.717) is 102 Å². The molecule has 0 fully saturated rings. The van der Waals surface area contributed by atoms with E-state index in [1.807, 2.05) is 0 Å². The molecular formula is C84H116O14. The molecule has 9 rings (SSSR count). The monoisotopic (exact) mass is 1350 g/mol. The van der Waals surface area contributed by atoms with Crippen molar-refractivity contribution in [1.29, 1.82) is 0 Å². The number of hydrogen-bond acceptors (Lipinski definition) is 14. The van der Waals surface area contributed by atoms with Crippen LogP contribution in [0.5, 0.6) is 69.0 Å². The van der Waals surface area contributed by atoms with Crippen molar-refractivity contribution in [3.63, 3.8) is 0 Å². The Balaban J connectivity index is 1.09. The number of ether oxygens (including phenoxy) is 14. The quantitative estimate of drug-likeness (QED) is 0.0267. The molecular weight excluding hydrogens is 1230 g/mol. The Kier molecular flexibility index (Phi) is 31.7. The van der Waals surface area contributed by atoms with Gasteiger partial charge in [0.05, 0.1) is 79.3 Å². The molecule has 0 spiro atoms. The van der Waals surface area contributed by atoms with E-state index >= 15 is 0 Å². The topological polar surface area (TPSA) is 129 Å². The molecule has 98 heavy (non-hydrogen) atoms. The number of rotatable bonds is 40. The molecule has 14 nitrogen and oxygen atoms in total. The zero-order valence-corrected chi connectivity index (χ0v) is 60.9. The van der Waals surface area contributed by atoms with Gasteiger partial charge < -0.3 is 66.3 Å². The molecule has 14 heteroatoms. The minimum Gasteiger partial charge on any atom is -0.490 e. The van der Waals surface area contributed by atoms with Crippen LogP contribution in [0.1, 0.15) is 209 Å². The molecule has 0 aromatic heterocycles. The summed E-state index contributed by atoms with van der Waals surface area (Å²) >= 11 is 0. The second kappa shape index (κ2) is 41.4. The summed E-state index contributed by atoms with van der Waals surface area (Å²) in [6, 6.07) is 25.8. The van der Waals surface area contributed by atoms with E-state index in [1.54, 1.807) is 0 Å². The molecule has 8 aromatic carbocycles. The molecule has 0 bridgehead atoms. The molecule has 0 unspecified atom stereocenters. The maximum Gasteiger partial charge on any atom is 0.161 e. The van der Waals surface area contributed by atoms with Crippen molar-refractivity contribution in [2.24, 2.45) is 0 Å². The van der Waals surface area contributed by atoms with E-state index < -0.39 is 0 Å². The summed E-state index contributed by atoms with van der Waals surface area (Å²) in [5, 5.41) is 12.0. The van der Waals surface area contributed by atoms with Gasteiger partial charge in [-0.3, -0.25) is 0 Å². The summed E-state index contributed by atoms with van der Waals surface area (Å²) in [7, 11) is 0. The maximum atomic E-state index is 6.76. The number of hydrogen-bond donors (Lipinski definition) is 0. The first kappa shape index (κ1) is 75.1. The lowest BCUT2D eigenvalue weighted by atomic mass is 9.93. The van der Waals surface area contributed by atoms with Crippen molar-refractivity contribution >= 4 is 64.6 Å². The first-order valence-corrected chi connectivity index (χ1v) is 38.2. The molecule has 0 radical (unpaired) electrons. The molecule has 0 aliphatic carbocycles. The highest BCUT2D eigenvalue weighted by atomic mass is 16.6. The van der Waals surface area contributed by atoms with Crippen LogP contribution in [0.2, 0.25) is 0 Å². The van der Waals surface area contributed by atoms with Crippen LogP contribution >= 0.6 is 0 Å². The lowest BCUT2D eigenvalue weighted by Crippen LogP contribution is -2.15. The Hall–Kier alpha value is -7.16. The van der Waals surface area contributed by atoms with E-state index in [2.05, 4.69) is 128 Å². The molecule has 0 atom stereocenters. The molecule has 0 N–H and O–H groups in total. The first-order chi connectivity index (χ1) is 48.4. The van der Waals surface area contributed by atoms with Gasteiger partial charge in [0.15, 0.2) is 69.0 Å². The van der Waals surface area contributed by atoms with Crippen molar-refractivity contribution in [1.82, 2.24) is 0 Å². The standard InChI is InChI=1S/C84H116O14/c1-9-17-25-33-87-73-49-61-62-50-74(88-34-26-18-10-2)78(92-38-30-22-14-6)54-66(62)70-58-82-81(57-69(70)65(61)53-77(73)91-37-29-21-13-5)95-45-41-85-43-47-97-83-59-71-67-55-79(93-39-31-23-15-7)75(89-35-27-19-11-3)51-63(67)64-52-76(90-36-28-20-12-4)80(94-40-32-24-16-8)56-68(64)72(71)60-84(83)98-48-44-86-42-46-96-82/h49-60H,9-48H2,1-8H3. The fraction of sp³-hybridized carbons (Fsp3) is 0.571. The van der Waals surface area contributed by atoms with Crippen molar-refractivity contribution in [2.45, 2.75) is 209 Å². The zero-order chi connectivity index (χ0) is 68.5. The van der Waals surface area contributed by atoms with Gasteiger partial charge in [-0.1, -0.05) is 158 Å². The van der Waals surface area contributed by atoms with E-state index in [-0.39, 0.29) is 26.4 Å². The minimum atomic E-state index is 0.256. The maximum absolute atomic E-state index is 6.76. The largest absolute Gasteiger partial charge is 0.490 e. The summed E-state index contributed by atoms with van der Waals surface area (Å²) in [5.74, 6) is 8.24. The van der Waals surface area contributed by atoms with Gasteiger partial charge in [-0.05, 0) is 189 Å².